The van der Waals surface area contributed by atoms with Crippen LogP contribution in [-0.2, 0) is 5.41 Å². The molecule has 0 saturated carbocycles. The summed E-state index contributed by atoms with van der Waals surface area (Å²) in [5.74, 6) is 1.88. The third kappa shape index (κ3) is 5.63. The summed E-state index contributed by atoms with van der Waals surface area (Å²) in [5.41, 5.74) is 14.0. The Morgan fingerprint density at radius 2 is 0.745 bits per heavy atom. The lowest BCUT2D eigenvalue weighted by molar-refractivity contribution is 0.769. The summed E-state index contributed by atoms with van der Waals surface area (Å²) in [4.78, 5) is 19.8. The molecule has 0 spiro atoms. The van der Waals surface area contributed by atoms with E-state index >= 15 is 0 Å². The monoisotopic (exact) mass is 702 g/mol. The van der Waals surface area contributed by atoms with E-state index in [0.717, 1.165) is 38.9 Å². The topological polar surface area (TPSA) is 51.6 Å². The molecule has 0 aliphatic heterocycles. The van der Waals surface area contributed by atoms with E-state index in [4.69, 9.17) is 15.0 Å². The summed E-state index contributed by atoms with van der Waals surface area (Å²) >= 11 is 0. The van der Waals surface area contributed by atoms with E-state index in [9.17, 15) is 0 Å². The Kier molecular flexibility index (Phi) is 8.00. The molecule has 4 nitrogen and oxygen atoms in total. The van der Waals surface area contributed by atoms with Gasteiger partial charge in [0.15, 0.2) is 17.5 Å². The molecule has 0 atom stereocenters. The molecule has 0 amide bonds. The molecule has 0 unspecified atom stereocenters. The first-order valence-corrected chi connectivity index (χ1v) is 18.5. The van der Waals surface area contributed by atoms with Gasteiger partial charge in [-0.15, -0.1) is 0 Å². The van der Waals surface area contributed by atoms with Gasteiger partial charge in [0.25, 0.3) is 0 Å². The predicted octanol–water partition coefficient (Wildman–Crippen LogP) is 12.0. The molecule has 0 saturated heterocycles. The summed E-state index contributed by atoms with van der Waals surface area (Å²) in [5, 5.41) is 0. The fourth-order valence-electron chi connectivity index (χ4n) is 8.17. The highest BCUT2D eigenvalue weighted by Gasteiger charge is 2.46. The fraction of sp³-hybridized carbons (Fsp3) is 0.0196. The van der Waals surface area contributed by atoms with Gasteiger partial charge in [0.1, 0.15) is 0 Å². The van der Waals surface area contributed by atoms with Gasteiger partial charge in [-0.3, -0.25) is 4.98 Å². The van der Waals surface area contributed by atoms with Gasteiger partial charge in [-0.25, -0.2) is 15.0 Å². The highest BCUT2D eigenvalue weighted by molar-refractivity contribution is 5.87. The third-order valence-corrected chi connectivity index (χ3v) is 10.7. The van der Waals surface area contributed by atoms with Crippen LogP contribution in [0.15, 0.2) is 207 Å². The maximum atomic E-state index is 5.18. The van der Waals surface area contributed by atoms with Crippen molar-refractivity contribution >= 4 is 0 Å². The Labute approximate surface area is 320 Å². The molecular formula is C51H34N4. The first-order chi connectivity index (χ1) is 27.3. The summed E-state index contributed by atoms with van der Waals surface area (Å²) in [6.07, 6.45) is 3.75. The van der Waals surface area contributed by atoms with Gasteiger partial charge in [0, 0.05) is 29.1 Å². The Hall–Kier alpha value is -7.30. The number of nitrogens with zero attached hydrogens (tertiary/aromatic N) is 4. The number of rotatable bonds is 7. The first kappa shape index (κ1) is 32.4. The van der Waals surface area contributed by atoms with Crippen molar-refractivity contribution in [1.82, 2.24) is 19.9 Å². The number of benzene rings is 7. The maximum absolute atomic E-state index is 5.18. The van der Waals surface area contributed by atoms with Crippen LogP contribution in [0.3, 0.4) is 0 Å². The second kappa shape index (κ2) is 13.6. The highest BCUT2D eigenvalue weighted by Crippen LogP contribution is 2.56. The molecule has 2 heterocycles. The third-order valence-electron chi connectivity index (χ3n) is 10.7. The quantitative estimate of drug-likeness (QED) is 0.166. The van der Waals surface area contributed by atoms with Crippen molar-refractivity contribution in [3.63, 3.8) is 0 Å². The van der Waals surface area contributed by atoms with Crippen LogP contribution in [-0.4, -0.2) is 19.9 Å². The fourth-order valence-corrected chi connectivity index (χ4v) is 8.17. The van der Waals surface area contributed by atoms with Crippen LogP contribution in [0, 0.1) is 0 Å². The van der Waals surface area contributed by atoms with Gasteiger partial charge in [-0.1, -0.05) is 176 Å². The summed E-state index contributed by atoms with van der Waals surface area (Å²) < 4.78 is 0. The summed E-state index contributed by atoms with van der Waals surface area (Å²) in [7, 11) is 0. The molecule has 7 aromatic carbocycles. The molecule has 2 aromatic heterocycles. The van der Waals surface area contributed by atoms with Crippen molar-refractivity contribution in [1.29, 1.82) is 0 Å². The van der Waals surface area contributed by atoms with Crippen LogP contribution in [0.2, 0.25) is 0 Å². The van der Waals surface area contributed by atoms with Crippen LogP contribution in [0.4, 0.5) is 0 Å². The number of hydrogen-bond acceptors (Lipinski definition) is 4. The number of hydrogen-bond donors (Lipinski definition) is 0. The number of fused-ring (bicyclic) bond motifs is 3. The van der Waals surface area contributed by atoms with E-state index in [1.54, 1.807) is 0 Å². The molecular weight excluding hydrogens is 669 g/mol. The van der Waals surface area contributed by atoms with Crippen LogP contribution >= 0.6 is 0 Å². The molecule has 0 N–H and O–H groups in total. The van der Waals surface area contributed by atoms with Crippen molar-refractivity contribution in [3.8, 4) is 67.5 Å². The molecule has 55 heavy (non-hydrogen) atoms. The zero-order valence-electron chi connectivity index (χ0n) is 29.9. The van der Waals surface area contributed by atoms with Gasteiger partial charge >= 0.3 is 0 Å². The molecule has 0 fully saturated rings. The highest BCUT2D eigenvalue weighted by atomic mass is 15.0. The molecule has 4 heteroatoms. The zero-order chi connectivity index (χ0) is 36.6. The summed E-state index contributed by atoms with van der Waals surface area (Å²) in [6, 6.07) is 68.5. The normalized spacial score (nSPS) is 12.5. The minimum absolute atomic E-state index is 0.604. The minimum atomic E-state index is -0.604. The Balaban J connectivity index is 1.17. The molecule has 10 rings (SSSR count). The van der Waals surface area contributed by atoms with Crippen molar-refractivity contribution in [2.75, 3.05) is 0 Å². The molecule has 1 aliphatic rings. The van der Waals surface area contributed by atoms with Crippen molar-refractivity contribution in [2.24, 2.45) is 0 Å². The van der Waals surface area contributed by atoms with Crippen LogP contribution in [0.25, 0.3) is 67.5 Å². The lowest BCUT2D eigenvalue weighted by Gasteiger charge is -2.34. The average Bonchev–Trinajstić information content (AvgIpc) is 3.58. The minimum Gasteiger partial charge on any atom is -0.264 e. The van der Waals surface area contributed by atoms with Crippen molar-refractivity contribution in [2.45, 2.75) is 5.41 Å². The second-order valence-corrected chi connectivity index (χ2v) is 13.9. The largest absolute Gasteiger partial charge is 0.264 e. The Morgan fingerprint density at radius 1 is 0.309 bits per heavy atom. The molecule has 0 bridgehead atoms. The van der Waals surface area contributed by atoms with Gasteiger partial charge in [-0.2, -0.15) is 0 Å². The number of aromatic nitrogens is 4. The SMILES string of the molecule is c1ccc(-c2ccc(-c3nc(-c4ccccc4)nc(-c4cccc(C5(c6cccc(-c7cccnc7)c6)c6ccccc6-c6ccccc65)c4)n3)cc2)cc1. The van der Waals surface area contributed by atoms with E-state index in [2.05, 4.69) is 169 Å². The van der Waals surface area contributed by atoms with Gasteiger partial charge in [0.2, 0.25) is 0 Å². The lowest BCUT2D eigenvalue weighted by Crippen LogP contribution is -2.28. The standard InChI is InChI=1S/C51H34N4/c1-3-14-35(15-4-1)36-27-29-38(30-28-36)49-53-48(37-16-5-2-6-17-37)54-50(55-49)40-19-12-22-43(33-40)51(42-21-11-18-39(32-42)41-20-13-31-52-34-41)46-25-9-7-23-44(46)45-24-8-10-26-47(45)51/h1-34H. The predicted molar refractivity (Wildman–Crippen MR) is 222 cm³/mol. The Bertz CT molecular complexity index is 2750. The molecule has 0 radical (unpaired) electrons. The van der Waals surface area contributed by atoms with E-state index in [1.807, 2.05) is 42.7 Å². The van der Waals surface area contributed by atoms with E-state index < -0.39 is 5.41 Å². The first-order valence-electron chi connectivity index (χ1n) is 18.5. The lowest BCUT2D eigenvalue weighted by atomic mass is 9.67. The summed E-state index contributed by atoms with van der Waals surface area (Å²) in [6.45, 7) is 0. The smallest absolute Gasteiger partial charge is 0.164 e. The van der Waals surface area contributed by atoms with Crippen LogP contribution in [0.5, 0.6) is 0 Å². The van der Waals surface area contributed by atoms with Crippen molar-refractivity contribution in [3.05, 3.63) is 229 Å². The van der Waals surface area contributed by atoms with Crippen LogP contribution < -0.4 is 0 Å². The number of pyridine rings is 1. The second-order valence-electron chi connectivity index (χ2n) is 13.9. The van der Waals surface area contributed by atoms with Crippen molar-refractivity contribution < 1.29 is 0 Å². The molecule has 1 aliphatic carbocycles. The van der Waals surface area contributed by atoms with Crippen LogP contribution in [0.1, 0.15) is 22.3 Å². The molecule has 9 aromatic rings. The van der Waals surface area contributed by atoms with E-state index in [1.165, 1.54) is 33.4 Å². The average molecular weight is 703 g/mol. The zero-order valence-corrected chi connectivity index (χ0v) is 29.9. The van der Waals surface area contributed by atoms with Gasteiger partial charge in [-0.05, 0) is 73.8 Å². The Morgan fingerprint density at radius 3 is 1.35 bits per heavy atom. The van der Waals surface area contributed by atoms with Gasteiger partial charge in [0.05, 0.1) is 5.41 Å². The van der Waals surface area contributed by atoms with Gasteiger partial charge < -0.3 is 0 Å². The molecule has 258 valence electrons. The van der Waals surface area contributed by atoms with E-state index in [0.29, 0.717) is 17.5 Å². The maximum Gasteiger partial charge on any atom is 0.164 e. The van der Waals surface area contributed by atoms with E-state index in [-0.39, 0.29) is 0 Å².